The van der Waals surface area contributed by atoms with Gasteiger partial charge in [-0.3, -0.25) is 9.69 Å². The molecular formula is C28H30N4O2. The van der Waals surface area contributed by atoms with Crippen molar-refractivity contribution < 1.29 is 9.90 Å². The van der Waals surface area contributed by atoms with Gasteiger partial charge in [0.05, 0.1) is 17.0 Å². The van der Waals surface area contributed by atoms with Gasteiger partial charge in [-0.05, 0) is 47.9 Å². The Morgan fingerprint density at radius 1 is 0.941 bits per heavy atom. The van der Waals surface area contributed by atoms with Gasteiger partial charge in [-0.1, -0.05) is 49.4 Å². The van der Waals surface area contributed by atoms with Crippen LogP contribution in [0.1, 0.15) is 12.5 Å². The van der Waals surface area contributed by atoms with E-state index in [1.807, 2.05) is 0 Å². The summed E-state index contributed by atoms with van der Waals surface area (Å²) in [5.41, 5.74) is 7.91. The molecule has 4 aromatic rings. The first-order valence-corrected chi connectivity index (χ1v) is 11.8. The van der Waals surface area contributed by atoms with Gasteiger partial charge in [0.1, 0.15) is 5.82 Å². The first kappa shape index (κ1) is 22.2. The summed E-state index contributed by atoms with van der Waals surface area (Å²) < 4.78 is 0. The van der Waals surface area contributed by atoms with E-state index in [0.717, 1.165) is 48.6 Å². The van der Waals surface area contributed by atoms with Crippen LogP contribution in [0.5, 0.6) is 0 Å². The lowest BCUT2D eigenvalue weighted by atomic mass is 10.0. The quantitative estimate of drug-likeness (QED) is 0.427. The normalized spacial score (nSPS) is 15.5. The van der Waals surface area contributed by atoms with Gasteiger partial charge in [-0.25, -0.2) is 4.98 Å². The summed E-state index contributed by atoms with van der Waals surface area (Å²) in [7, 11) is 0. The van der Waals surface area contributed by atoms with E-state index in [-0.39, 0.29) is 5.92 Å². The van der Waals surface area contributed by atoms with Gasteiger partial charge in [0, 0.05) is 44.0 Å². The van der Waals surface area contributed by atoms with Crippen LogP contribution in [-0.2, 0) is 4.79 Å². The summed E-state index contributed by atoms with van der Waals surface area (Å²) in [5, 5.41) is 9.13. The Bertz CT molecular complexity index is 1290. The Kier molecular flexibility index (Phi) is 6.07. The zero-order valence-corrected chi connectivity index (χ0v) is 19.7. The predicted octanol–water partition coefficient (Wildman–Crippen LogP) is 5.05. The van der Waals surface area contributed by atoms with Gasteiger partial charge in [0.25, 0.3) is 0 Å². The number of imidazole rings is 1. The van der Waals surface area contributed by atoms with Crippen LogP contribution < -0.4 is 4.90 Å². The highest BCUT2D eigenvalue weighted by Crippen LogP contribution is 2.27. The zero-order chi connectivity index (χ0) is 23.7. The van der Waals surface area contributed by atoms with Crippen molar-refractivity contribution in [3.05, 3.63) is 72.3 Å². The van der Waals surface area contributed by atoms with Gasteiger partial charge >= 0.3 is 5.97 Å². The summed E-state index contributed by atoms with van der Waals surface area (Å²) in [4.78, 5) is 23.9. The second kappa shape index (κ2) is 9.31. The third-order valence-electron chi connectivity index (χ3n) is 6.69. The molecule has 34 heavy (non-hydrogen) atoms. The Labute approximate surface area is 199 Å². The van der Waals surface area contributed by atoms with E-state index in [4.69, 9.17) is 10.1 Å². The summed E-state index contributed by atoms with van der Waals surface area (Å²) in [6.07, 6.45) is 0. The first-order chi connectivity index (χ1) is 16.5. The molecule has 174 valence electrons. The highest BCUT2D eigenvalue weighted by Gasteiger charge is 2.21. The number of hydrogen-bond donors (Lipinski definition) is 2. The molecule has 1 fully saturated rings. The number of carboxylic acid groups (broad SMARTS) is 1. The number of anilines is 1. The Morgan fingerprint density at radius 2 is 1.56 bits per heavy atom. The number of benzene rings is 3. The zero-order valence-electron chi connectivity index (χ0n) is 19.7. The van der Waals surface area contributed by atoms with Crippen LogP contribution in [0.4, 0.5) is 5.69 Å². The van der Waals surface area contributed by atoms with Crippen molar-refractivity contribution in [2.75, 3.05) is 37.6 Å². The van der Waals surface area contributed by atoms with Gasteiger partial charge in [0.2, 0.25) is 0 Å². The third kappa shape index (κ3) is 4.68. The van der Waals surface area contributed by atoms with E-state index in [1.165, 1.54) is 22.4 Å². The molecule has 0 amide bonds. The molecule has 0 saturated carbocycles. The summed E-state index contributed by atoms with van der Waals surface area (Å²) in [6.45, 7) is 8.09. The number of aryl methyl sites for hydroxylation is 1. The number of fused-ring (bicyclic) bond motifs is 1. The molecule has 2 N–H and O–H groups in total. The van der Waals surface area contributed by atoms with Crippen LogP contribution in [0, 0.1) is 12.8 Å². The van der Waals surface area contributed by atoms with Gasteiger partial charge in [-0.15, -0.1) is 0 Å². The van der Waals surface area contributed by atoms with E-state index < -0.39 is 5.97 Å². The standard InChI is InChI=1S/C28H30N4O2/c1-19-3-12-25-26(17-19)30-27(29-25)23-6-4-21(5-7-23)22-8-10-24(11-9-22)32-15-13-31(14-16-32)18-20(2)28(33)34/h3-12,17,20H,13-16,18H2,1-2H3,(H,29,30)(H,33,34)/t20-/m0/s1. The lowest BCUT2D eigenvalue weighted by molar-refractivity contribution is -0.141. The average molecular weight is 455 g/mol. The molecule has 1 saturated heterocycles. The minimum Gasteiger partial charge on any atom is -0.481 e. The predicted molar refractivity (Wildman–Crippen MR) is 137 cm³/mol. The minimum absolute atomic E-state index is 0.326. The van der Waals surface area contributed by atoms with Crippen LogP contribution in [0.3, 0.4) is 0 Å². The fourth-order valence-electron chi connectivity index (χ4n) is 4.60. The molecule has 0 radical (unpaired) electrons. The third-order valence-corrected chi connectivity index (χ3v) is 6.69. The molecule has 2 heterocycles. The molecular weight excluding hydrogens is 424 g/mol. The Hall–Kier alpha value is -3.64. The van der Waals surface area contributed by atoms with Crippen molar-refractivity contribution >= 4 is 22.7 Å². The second-order valence-corrected chi connectivity index (χ2v) is 9.26. The summed E-state index contributed by atoms with van der Waals surface area (Å²) in [6, 6.07) is 23.5. The molecule has 6 nitrogen and oxygen atoms in total. The van der Waals surface area contributed by atoms with Crippen LogP contribution >= 0.6 is 0 Å². The lowest BCUT2D eigenvalue weighted by Crippen LogP contribution is -2.48. The van der Waals surface area contributed by atoms with Gasteiger partial charge in [0.15, 0.2) is 0 Å². The number of aromatic nitrogens is 2. The van der Waals surface area contributed by atoms with Gasteiger partial charge < -0.3 is 15.0 Å². The van der Waals surface area contributed by atoms with E-state index in [0.29, 0.717) is 6.54 Å². The van der Waals surface area contributed by atoms with E-state index in [2.05, 4.69) is 88.4 Å². The van der Waals surface area contributed by atoms with Crippen molar-refractivity contribution in [1.29, 1.82) is 0 Å². The molecule has 0 bridgehead atoms. The number of aromatic amines is 1. The SMILES string of the molecule is Cc1ccc2nc(-c3ccc(-c4ccc(N5CCN(C[C@H](C)C(=O)O)CC5)cc4)cc3)[nH]c2c1. The average Bonchev–Trinajstić information content (AvgIpc) is 3.28. The maximum absolute atomic E-state index is 11.1. The highest BCUT2D eigenvalue weighted by atomic mass is 16.4. The maximum Gasteiger partial charge on any atom is 0.307 e. The summed E-state index contributed by atoms with van der Waals surface area (Å²) >= 11 is 0. The van der Waals surface area contributed by atoms with E-state index in [9.17, 15) is 4.79 Å². The number of hydrogen-bond acceptors (Lipinski definition) is 4. The van der Waals surface area contributed by atoms with Crippen molar-refractivity contribution in [3.8, 4) is 22.5 Å². The maximum atomic E-state index is 11.1. The minimum atomic E-state index is -0.723. The Balaban J connectivity index is 1.23. The van der Waals surface area contributed by atoms with Crippen LogP contribution in [0.15, 0.2) is 66.7 Å². The fourth-order valence-corrected chi connectivity index (χ4v) is 4.60. The van der Waals surface area contributed by atoms with Crippen LogP contribution in [-0.4, -0.2) is 58.7 Å². The molecule has 0 unspecified atom stereocenters. The number of carbonyl (C=O) groups is 1. The van der Waals surface area contributed by atoms with E-state index >= 15 is 0 Å². The lowest BCUT2D eigenvalue weighted by Gasteiger charge is -2.36. The van der Waals surface area contributed by atoms with Gasteiger partial charge in [-0.2, -0.15) is 0 Å². The van der Waals surface area contributed by atoms with Crippen LogP contribution in [0.25, 0.3) is 33.5 Å². The fraction of sp³-hybridized carbons (Fsp3) is 0.286. The molecule has 0 spiro atoms. The molecule has 1 aromatic heterocycles. The first-order valence-electron chi connectivity index (χ1n) is 11.8. The molecule has 3 aromatic carbocycles. The van der Waals surface area contributed by atoms with Crippen molar-refractivity contribution in [2.24, 2.45) is 5.92 Å². The molecule has 5 rings (SSSR count). The largest absolute Gasteiger partial charge is 0.481 e. The molecule has 1 aliphatic heterocycles. The topological polar surface area (TPSA) is 72.5 Å². The molecule has 6 heteroatoms. The molecule has 1 atom stereocenters. The smallest absolute Gasteiger partial charge is 0.307 e. The van der Waals surface area contributed by atoms with Crippen molar-refractivity contribution in [2.45, 2.75) is 13.8 Å². The number of rotatable bonds is 6. The number of carboxylic acids is 1. The van der Waals surface area contributed by atoms with Crippen molar-refractivity contribution in [1.82, 2.24) is 14.9 Å². The Morgan fingerprint density at radius 3 is 2.21 bits per heavy atom. The monoisotopic (exact) mass is 454 g/mol. The number of H-pyrrole nitrogens is 1. The number of nitrogens with zero attached hydrogens (tertiary/aromatic N) is 3. The second-order valence-electron chi connectivity index (χ2n) is 9.26. The number of aliphatic carboxylic acids is 1. The van der Waals surface area contributed by atoms with E-state index in [1.54, 1.807) is 6.92 Å². The van der Waals surface area contributed by atoms with Crippen LogP contribution in [0.2, 0.25) is 0 Å². The number of nitrogens with one attached hydrogen (secondary N) is 1. The van der Waals surface area contributed by atoms with Crippen molar-refractivity contribution in [3.63, 3.8) is 0 Å². The highest BCUT2D eigenvalue weighted by molar-refractivity contribution is 5.80. The summed E-state index contributed by atoms with van der Waals surface area (Å²) in [5.74, 6) is -0.161. The molecule has 0 aliphatic carbocycles. The molecule has 1 aliphatic rings. The number of piperazine rings is 1.